The summed E-state index contributed by atoms with van der Waals surface area (Å²) in [6.07, 6.45) is 3.56. The van der Waals surface area contributed by atoms with Crippen molar-refractivity contribution >= 4 is 27.5 Å². The second-order valence-electron chi connectivity index (χ2n) is 8.43. The smallest absolute Gasteiger partial charge is 0.255 e. The average molecular weight is 472 g/mol. The molecule has 0 aliphatic carbocycles. The van der Waals surface area contributed by atoms with Crippen LogP contribution in [0.4, 0.5) is 5.69 Å². The van der Waals surface area contributed by atoms with Gasteiger partial charge in [0, 0.05) is 31.7 Å². The van der Waals surface area contributed by atoms with Gasteiger partial charge in [-0.2, -0.15) is 4.31 Å². The summed E-state index contributed by atoms with van der Waals surface area (Å²) in [4.78, 5) is 28.0. The molecule has 0 aromatic heterocycles. The standard InChI is InChI=1S/C24H29N3O5S/c1-17-8-7-9-19(24(29)26-12-3-4-13-26)22(17)25-23(28)18-10-11-20(32-2)21(16-18)33(30,31)27-14-5-6-15-27/h7-11,16H,3-6,12-15H2,1-2H3,(H,25,28). The number of ether oxygens (including phenoxy) is 1. The molecule has 2 fully saturated rings. The number of methoxy groups -OCH3 is 1. The summed E-state index contributed by atoms with van der Waals surface area (Å²) in [5.41, 5.74) is 1.81. The summed E-state index contributed by atoms with van der Waals surface area (Å²) in [6, 6.07) is 9.70. The van der Waals surface area contributed by atoms with Crippen LogP contribution < -0.4 is 10.1 Å². The Morgan fingerprint density at radius 1 is 0.970 bits per heavy atom. The van der Waals surface area contributed by atoms with E-state index >= 15 is 0 Å². The van der Waals surface area contributed by atoms with Gasteiger partial charge in [-0.1, -0.05) is 12.1 Å². The molecule has 2 aromatic rings. The Bertz CT molecular complexity index is 1170. The number of nitrogens with one attached hydrogen (secondary N) is 1. The first-order chi connectivity index (χ1) is 15.8. The van der Waals surface area contributed by atoms with E-state index in [9.17, 15) is 18.0 Å². The molecule has 0 radical (unpaired) electrons. The van der Waals surface area contributed by atoms with E-state index < -0.39 is 15.9 Å². The average Bonchev–Trinajstić information content (AvgIpc) is 3.54. The highest BCUT2D eigenvalue weighted by molar-refractivity contribution is 7.89. The van der Waals surface area contributed by atoms with Crippen LogP contribution in [0, 0.1) is 6.92 Å². The van der Waals surface area contributed by atoms with Gasteiger partial charge in [0.15, 0.2) is 0 Å². The number of amides is 2. The highest BCUT2D eigenvalue weighted by atomic mass is 32.2. The molecule has 2 heterocycles. The number of para-hydroxylation sites is 1. The Kier molecular flexibility index (Phi) is 6.71. The van der Waals surface area contributed by atoms with Crippen molar-refractivity contribution in [3.8, 4) is 5.75 Å². The normalized spacial score (nSPS) is 16.7. The lowest BCUT2D eigenvalue weighted by atomic mass is 10.1. The number of carbonyl (C=O) groups is 2. The molecule has 2 aliphatic rings. The third-order valence-electron chi connectivity index (χ3n) is 6.24. The fraction of sp³-hybridized carbons (Fsp3) is 0.417. The van der Waals surface area contributed by atoms with E-state index in [0.717, 1.165) is 31.2 Å². The molecule has 4 rings (SSSR count). The van der Waals surface area contributed by atoms with Gasteiger partial charge in [0.2, 0.25) is 10.0 Å². The quantitative estimate of drug-likeness (QED) is 0.698. The minimum Gasteiger partial charge on any atom is -0.495 e. The van der Waals surface area contributed by atoms with Crippen molar-refractivity contribution in [1.29, 1.82) is 0 Å². The summed E-state index contributed by atoms with van der Waals surface area (Å²) >= 11 is 0. The molecule has 0 bridgehead atoms. The first kappa shape index (κ1) is 23.3. The molecule has 9 heteroatoms. The van der Waals surface area contributed by atoms with Gasteiger partial charge in [0.05, 0.1) is 18.4 Å². The Hall–Kier alpha value is -2.91. The number of aryl methyl sites for hydroxylation is 1. The topological polar surface area (TPSA) is 96.0 Å². The van der Waals surface area contributed by atoms with Gasteiger partial charge in [-0.3, -0.25) is 9.59 Å². The Balaban J connectivity index is 1.65. The summed E-state index contributed by atoms with van der Waals surface area (Å²) < 4.78 is 33.0. The molecule has 1 N–H and O–H groups in total. The van der Waals surface area contributed by atoms with Gasteiger partial charge in [0.25, 0.3) is 11.8 Å². The molecule has 8 nitrogen and oxygen atoms in total. The lowest BCUT2D eigenvalue weighted by Crippen LogP contribution is -2.29. The van der Waals surface area contributed by atoms with Crippen molar-refractivity contribution in [2.24, 2.45) is 0 Å². The minimum atomic E-state index is -3.78. The van der Waals surface area contributed by atoms with Gasteiger partial charge in [-0.25, -0.2) is 8.42 Å². The zero-order valence-electron chi connectivity index (χ0n) is 19.0. The van der Waals surface area contributed by atoms with E-state index in [1.165, 1.54) is 29.6 Å². The maximum Gasteiger partial charge on any atom is 0.255 e. The highest BCUT2D eigenvalue weighted by Gasteiger charge is 2.31. The highest BCUT2D eigenvalue weighted by Crippen LogP contribution is 2.31. The largest absolute Gasteiger partial charge is 0.495 e. The van der Waals surface area contributed by atoms with E-state index in [1.54, 1.807) is 17.0 Å². The van der Waals surface area contributed by atoms with E-state index in [-0.39, 0.29) is 22.1 Å². The van der Waals surface area contributed by atoms with E-state index in [0.29, 0.717) is 37.4 Å². The van der Waals surface area contributed by atoms with Gasteiger partial charge in [-0.05, 0) is 62.4 Å². The monoisotopic (exact) mass is 471 g/mol. The van der Waals surface area contributed by atoms with Crippen molar-refractivity contribution < 1.29 is 22.7 Å². The minimum absolute atomic E-state index is 0.0299. The maximum absolute atomic E-state index is 13.2. The lowest BCUT2D eigenvalue weighted by molar-refractivity contribution is 0.0793. The number of nitrogens with zero attached hydrogens (tertiary/aromatic N) is 2. The molecule has 0 spiro atoms. The van der Waals surface area contributed by atoms with E-state index in [2.05, 4.69) is 5.32 Å². The van der Waals surface area contributed by atoms with E-state index in [1.807, 2.05) is 13.0 Å². The Morgan fingerprint density at radius 2 is 1.64 bits per heavy atom. The van der Waals surface area contributed by atoms with Crippen LogP contribution in [0.25, 0.3) is 0 Å². The third-order valence-corrected chi connectivity index (χ3v) is 8.16. The van der Waals surface area contributed by atoms with Crippen LogP contribution in [0.5, 0.6) is 5.75 Å². The second-order valence-corrected chi connectivity index (χ2v) is 10.3. The van der Waals surface area contributed by atoms with Gasteiger partial charge >= 0.3 is 0 Å². The number of likely N-dealkylation sites (tertiary alicyclic amines) is 1. The van der Waals surface area contributed by atoms with Gasteiger partial charge in [-0.15, -0.1) is 0 Å². The maximum atomic E-state index is 13.2. The SMILES string of the molecule is COc1ccc(C(=O)Nc2c(C)cccc2C(=O)N2CCCC2)cc1S(=O)(=O)N1CCCC1. The number of anilines is 1. The van der Waals surface area contributed by atoms with Crippen LogP contribution in [0.1, 0.15) is 52.0 Å². The molecule has 2 saturated heterocycles. The molecule has 0 atom stereocenters. The molecule has 2 aliphatic heterocycles. The number of hydrogen-bond acceptors (Lipinski definition) is 5. The zero-order valence-corrected chi connectivity index (χ0v) is 19.8. The fourth-order valence-corrected chi connectivity index (χ4v) is 6.07. The molecule has 0 unspecified atom stereocenters. The molecule has 33 heavy (non-hydrogen) atoms. The molecule has 176 valence electrons. The Labute approximate surface area is 194 Å². The van der Waals surface area contributed by atoms with Crippen LogP contribution in [0.3, 0.4) is 0 Å². The third kappa shape index (κ3) is 4.60. The summed E-state index contributed by atoms with van der Waals surface area (Å²) in [5, 5.41) is 2.85. The number of rotatable bonds is 6. The van der Waals surface area contributed by atoms with Crippen LogP contribution in [0.15, 0.2) is 41.3 Å². The number of benzene rings is 2. The van der Waals surface area contributed by atoms with Crippen molar-refractivity contribution in [2.75, 3.05) is 38.6 Å². The number of carbonyl (C=O) groups excluding carboxylic acids is 2. The molecule has 2 aromatic carbocycles. The lowest BCUT2D eigenvalue weighted by Gasteiger charge is -2.20. The summed E-state index contributed by atoms with van der Waals surface area (Å²) in [6.45, 7) is 4.14. The van der Waals surface area contributed by atoms with Crippen molar-refractivity contribution in [3.63, 3.8) is 0 Å². The molecular weight excluding hydrogens is 442 g/mol. The van der Waals surface area contributed by atoms with Gasteiger partial charge in [0.1, 0.15) is 10.6 Å². The Morgan fingerprint density at radius 3 is 2.30 bits per heavy atom. The van der Waals surface area contributed by atoms with E-state index in [4.69, 9.17) is 4.74 Å². The van der Waals surface area contributed by atoms with Gasteiger partial charge < -0.3 is 15.0 Å². The van der Waals surface area contributed by atoms with Crippen LogP contribution in [0.2, 0.25) is 0 Å². The second kappa shape index (κ2) is 9.52. The predicted molar refractivity (Wildman–Crippen MR) is 125 cm³/mol. The predicted octanol–water partition coefficient (Wildman–Crippen LogP) is 3.28. The molecular formula is C24H29N3O5S. The summed E-state index contributed by atoms with van der Waals surface area (Å²) in [5.74, 6) is -0.405. The first-order valence-electron chi connectivity index (χ1n) is 11.2. The van der Waals surface area contributed by atoms with Crippen molar-refractivity contribution in [3.05, 3.63) is 53.1 Å². The molecule has 0 saturated carbocycles. The van der Waals surface area contributed by atoms with Crippen molar-refractivity contribution in [2.45, 2.75) is 37.5 Å². The zero-order chi connectivity index (χ0) is 23.6. The van der Waals surface area contributed by atoms with Crippen LogP contribution in [-0.4, -0.2) is 62.7 Å². The number of hydrogen-bond donors (Lipinski definition) is 1. The number of sulfonamides is 1. The fourth-order valence-electron chi connectivity index (χ4n) is 4.38. The summed E-state index contributed by atoms with van der Waals surface area (Å²) in [7, 11) is -2.38. The van der Waals surface area contributed by atoms with Crippen molar-refractivity contribution in [1.82, 2.24) is 9.21 Å². The molecule has 2 amide bonds. The first-order valence-corrected chi connectivity index (χ1v) is 12.7. The van der Waals surface area contributed by atoms with Crippen LogP contribution >= 0.6 is 0 Å². The van der Waals surface area contributed by atoms with Crippen LogP contribution in [-0.2, 0) is 10.0 Å².